The zero-order chi connectivity index (χ0) is 18.4. The summed E-state index contributed by atoms with van der Waals surface area (Å²) in [5, 5.41) is 5.67. The molecule has 2 rings (SSSR count). The second kappa shape index (κ2) is 7.98. The van der Waals surface area contributed by atoms with E-state index in [9.17, 15) is 18.0 Å². The summed E-state index contributed by atoms with van der Waals surface area (Å²) in [7, 11) is 3.89. The standard InChI is InChI=1S/C17H19F3N4O/c1-24(2)10-9-22-15-11-12(7-8-21-15)16(25)23-14-5-3-13(4-6-14)17(18,19)20/h3-8,11H,9-10H2,1-2H3,(H,21,22)(H,23,25). The quantitative estimate of drug-likeness (QED) is 0.837. The number of hydrogen-bond acceptors (Lipinski definition) is 4. The summed E-state index contributed by atoms with van der Waals surface area (Å²) < 4.78 is 37.6. The minimum Gasteiger partial charge on any atom is -0.369 e. The van der Waals surface area contributed by atoms with E-state index in [1.807, 2.05) is 19.0 Å². The highest BCUT2D eigenvalue weighted by Crippen LogP contribution is 2.29. The number of carbonyl (C=O) groups is 1. The fourth-order valence-electron chi connectivity index (χ4n) is 2.02. The lowest BCUT2D eigenvalue weighted by molar-refractivity contribution is -0.137. The van der Waals surface area contributed by atoms with Gasteiger partial charge in [0.1, 0.15) is 5.82 Å². The SMILES string of the molecule is CN(C)CCNc1cc(C(=O)Nc2ccc(C(F)(F)F)cc2)ccn1. The number of alkyl halides is 3. The maximum Gasteiger partial charge on any atom is 0.416 e. The highest BCUT2D eigenvalue weighted by molar-refractivity contribution is 6.04. The first-order valence-electron chi connectivity index (χ1n) is 7.59. The van der Waals surface area contributed by atoms with Crippen molar-refractivity contribution in [1.29, 1.82) is 0 Å². The Bertz CT molecular complexity index is 715. The van der Waals surface area contributed by atoms with Gasteiger partial charge in [-0.2, -0.15) is 13.2 Å². The topological polar surface area (TPSA) is 57.3 Å². The molecule has 0 fully saturated rings. The molecule has 1 aromatic carbocycles. The van der Waals surface area contributed by atoms with E-state index in [1.54, 1.807) is 6.07 Å². The van der Waals surface area contributed by atoms with E-state index >= 15 is 0 Å². The average molecular weight is 352 g/mol. The Hall–Kier alpha value is -2.61. The van der Waals surface area contributed by atoms with Crippen molar-refractivity contribution >= 4 is 17.4 Å². The molecule has 1 heterocycles. The molecular weight excluding hydrogens is 333 g/mol. The lowest BCUT2D eigenvalue weighted by Crippen LogP contribution is -2.21. The molecule has 0 spiro atoms. The summed E-state index contributed by atoms with van der Waals surface area (Å²) in [5.74, 6) is 0.139. The Balaban J connectivity index is 2.00. The predicted octanol–water partition coefficient (Wildman–Crippen LogP) is 3.33. The average Bonchev–Trinajstić information content (AvgIpc) is 2.54. The van der Waals surface area contributed by atoms with Crippen LogP contribution in [0, 0.1) is 0 Å². The molecule has 0 aliphatic rings. The molecule has 25 heavy (non-hydrogen) atoms. The Labute approximate surface area is 143 Å². The summed E-state index contributed by atoms with van der Waals surface area (Å²) in [6.07, 6.45) is -2.90. The molecule has 1 amide bonds. The third-order valence-electron chi connectivity index (χ3n) is 3.36. The number of aromatic nitrogens is 1. The van der Waals surface area contributed by atoms with Gasteiger partial charge in [0.15, 0.2) is 0 Å². The van der Waals surface area contributed by atoms with E-state index in [1.165, 1.54) is 24.4 Å². The maximum atomic E-state index is 12.5. The number of pyridine rings is 1. The van der Waals surface area contributed by atoms with Crippen LogP contribution in [0.15, 0.2) is 42.6 Å². The van der Waals surface area contributed by atoms with E-state index in [0.717, 1.165) is 18.7 Å². The van der Waals surface area contributed by atoms with Gasteiger partial charge in [-0.25, -0.2) is 4.98 Å². The van der Waals surface area contributed by atoms with Gasteiger partial charge in [0.05, 0.1) is 5.56 Å². The molecule has 2 aromatic rings. The Kier molecular flexibility index (Phi) is 5.97. The van der Waals surface area contributed by atoms with Crippen molar-refractivity contribution in [3.8, 4) is 0 Å². The minimum atomic E-state index is -4.40. The zero-order valence-corrected chi connectivity index (χ0v) is 13.9. The molecule has 2 N–H and O–H groups in total. The van der Waals surface area contributed by atoms with Crippen molar-refractivity contribution in [2.75, 3.05) is 37.8 Å². The number of anilines is 2. The molecule has 0 aliphatic heterocycles. The first kappa shape index (κ1) is 18.7. The van der Waals surface area contributed by atoms with Gasteiger partial charge in [-0.1, -0.05) is 0 Å². The molecule has 1 aromatic heterocycles. The summed E-state index contributed by atoms with van der Waals surface area (Å²) in [6.45, 7) is 1.48. The first-order valence-corrected chi connectivity index (χ1v) is 7.59. The van der Waals surface area contributed by atoms with Crippen molar-refractivity contribution in [2.45, 2.75) is 6.18 Å². The van der Waals surface area contributed by atoms with Crippen molar-refractivity contribution in [3.05, 3.63) is 53.7 Å². The summed E-state index contributed by atoms with van der Waals surface area (Å²) in [6, 6.07) is 7.43. The number of carbonyl (C=O) groups excluding carboxylic acids is 1. The summed E-state index contributed by atoms with van der Waals surface area (Å²) in [5.41, 5.74) is -0.110. The van der Waals surface area contributed by atoms with E-state index in [2.05, 4.69) is 15.6 Å². The van der Waals surface area contributed by atoms with Crippen molar-refractivity contribution in [2.24, 2.45) is 0 Å². The third-order valence-corrected chi connectivity index (χ3v) is 3.36. The number of amides is 1. The van der Waals surface area contributed by atoms with E-state index < -0.39 is 17.6 Å². The second-order valence-corrected chi connectivity index (χ2v) is 5.69. The van der Waals surface area contributed by atoms with Gasteiger partial charge in [0, 0.05) is 30.5 Å². The van der Waals surface area contributed by atoms with Crippen LogP contribution in [0.2, 0.25) is 0 Å². The van der Waals surface area contributed by atoms with Crippen molar-refractivity contribution in [3.63, 3.8) is 0 Å². The fourth-order valence-corrected chi connectivity index (χ4v) is 2.02. The number of benzene rings is 1. The number of nitrogens with zero attached hydrogens (tertiary/aromatic N) is 2. The fraction of sp³-hybridized carbons (Fsp3) is 0.294. The highest BCUT2D eigenvalue weighted by atomic mass is 19.4. The Morgan fingerprint density at radius 2 is 1.84 bits per heavy atom. The van der Waals surface area contributed by atoms with E-state index in [-0.39, 0.29) is 5.69 Å². The van der Waals surface area contributed by atoms with Crippen molar-refractivity contribution in [1.82, 2.24) is 9.88 Å². The van der Waals surface area contributed by atoms with Gasteiger partial charge in [-0.15, -0.1) is 0 Å². The van der Waals surface area contributed by atoms with Crippen LogP contribution in [-0.4, -0.2) is 43.0 Å². The molecular formula is C17H19F3N4O. The van der Waals surface area contributed by atoms with Crippen LogP contribution < -0.4 is 10.6 Å². The van der Waals surface area contributed by atoms with E-state index in [0.29, 0.717) is 17.9 Å². The van der Waals surface area contributed by atoms with Crippen LogP contribution in [0.3, 0.4) is 0 Å². The van der Waals surface area contributed by atoms with Gasteiger partial charge in [0.2, 0.25) is 0 Å². The minimum absolute atomic E-state index is 0.289. The van der Waals surface area contributed by atoms with Gasteiger partial charge in [-0.05, 0) is 50.5 Å². The maximum absolute atomic E-state index is 12.5. The lowest BCUT2D eigenvalue weighted by Gasteiger charge is -2.12. The van der Waals surface area contributed by atoms with Crippen LogP contribution in [0.1, 0.15) is 15.9 Å². The number of rotatable bonds is 6. The third kappa shape index (κ3) is 5.75. The van der Waals surface area contributed by atoms with Crippen LogP contribution in [-0.2, 0) is 6.18 Å². The molecule has 0 saturated carbocycles. The molecule has 0 aliphatic carbocycles. The zero-order valence-electron chi connectivity index (χ0n) is 13.9. The van der Waals surface area contributed by atoms with E-state index in [4.69, 9.17) is 0 Å². The van der Waals surface area contributed by atoms with Crippen LogP contribution in [0.4, 0.5) is 24.7 Å². The largest absolute Gasteiger partial charge is 0.416 e. The van der Waals surface area contributed by atoms with Crippen LogP contribution in [0.25, 0.3) is 0 Å². The molecule has 0 saturated heterocycles. The van der Waals surface area contributed by atoms with Gasteiger partial charge in [-0.3, -0.25) is 4.79 Å². The lowest BCUT2D eigenvalue weighted by atomic mass is 10.2. The normalized spacial score (nSPS) is 11.4. The highest BCUT2D eigenvalue weighted by Gasteiger charge is 2.29. The molecule has 0 atom stereocenters. The molecule has 0 unspecified atom stereocenters. The van der Waals surface area contributed by atoms with Crippen LogP contribution >= 0.6 is 0 Å². The predicted molar refractivity (Wildman–Crippen MR) is 90.7 cm³/mol. The van der Waals surface area contributed by atoms with Crippen molar-refractivity contribution < 1.29 is 18.0 Å². The van der Waals surface area contributed by atoms with Gasteiger partial charge < -0.3 is 15.5 Å². The summed E-state index contributed by atoms with van der Waals surface area (Å²) >= 11 is 0. The number of nitrogens with one attached hydrogen (secondary N) is 2. The second-order valence-electron chi connectivity index (χ2n) is 5.69. The molecule has 134 valence electrons. The summed E-state index contributed by atoms with van der Waals surface area (Å²) in [4.78, 5) is 18.4. The number of hydrogen-bond donors (Lipinski definition) is 2. The van der Waals surface area contributed by atoms with Gasteiger partial charge >= 0.3 is 6.18 Å². The first-order chi connectivity index (χ1) is 11.8. The number of halogens is 3. The molecule has 8 heteroatoms. The monoisotopic (exact) mass is 352 g/mol. The number of likely N-dealkylation sites (N-methyl/N-ethyl adjacent to an activating group) is 1. The smallest absolute Gasteiger partial charge is 0.369 e. The molecule has 5 nitrogen and oxygen atoms in total. The van der Waals surface area contributed by atoms with Gasteiger partial charge in [0.25, 0.3) is 5.91 Å². The Morgan fingerprint density at radius 1 is 1.16 bits per heavy atom. The Morgan fingerprint density at radius 3 is 2.44 bits per heavy atom. The van der Waals surface area contributed by atoms with Crippen LogP contribution in [0.5, 0.6) is 0 Å². The molecule has 0 bridgehead atoms. The molecule has 0 radical (unpaired) electrons.